The maximum Gasteiger partial charge on any atom is 0.148 e. The number of methoxy groups -OCH3 is 1. The van der Waals surface area contributed by atoms with Crippen LogP contribution in [0.3, 0.4) is 0 Å². The number of hydrogen-bond donors (Lipinski definition) is 0. The molecule has 0 aliphatic carbocycles. The van der Waals surface area contributed by atoms with Gasteiger partial charge in [0.15, 0.2) is 0 Å². The van der Waals surface area contributed by atoms with Crippen LogP contribution in [-0.4, -0.2) is 13.3 Å². The van der Waals surface area contributed by atoms with Gasteiger partial charge in [0.25, 0.3) is 0 Å². The lowest BCUT2D eigenvalue weighted by molar-refractivity contribution is 0.302. The molecule has 0 heterocycles. The number of hydrogen-bond acceptors (Lipinski definition) is 3. The normalized spacial score (nSPS) is 11.0. The van der Waals surface area contributed by atoms with Crippen molar-refractivity contribution < 1.29 is 9.47 Å². The van der Waals surface area contributed by atoms with E-state index in [1.807, 2.05) is 60.7 Å². The van der Waals surface area contributed by atoms with E-state index in [-0.39, 0.29) is 0 Å². The van der Waals surface area contributed by atoms with Gasteiger partial charge in [0.05, 0.1) is 21.7 Å². The molecule has 0 N–H and O–H groups in total. The molecule has 0 fully saturated rings. The molecule has 0 aromatic heterocycles. The standard InChI is InChI=1S/C21H16Br2ClNO2/c1-26-17-8-6-16(7-9-17)25-12-14-10-18(22)21(19(23)11-14)27-13-15-4-2-3-5-20(15)24/h2-12H,13H2,1H3. The summed E-state index contributed by atoms with van der Waals surface area (Å²) in [6.45, 7) is 0.385. The van der Waals surface area contributed by atoms with Crippen molar-refractivity contribution in [3.05, 3.63) is 85.8 Å². The van der Waals surface area contributed by atoms with Gasteiger partial charge < -0.3 is 9.47 Å². The van der Waals surface area contributed by atoms with Gasteiger partial charge in [-0.2, -0.15) is 0 Å². The third-order valence-electron chi connectivity index (χ3n) is 3.79. The fraction of sp³-hybridized carbons (Fsp3) is 0.0952. The lowest BCUT2D eigenvalue weighted by Gasteiger charge is -2.12. The lowest BCUT2D eigenvalue weighted by Crippen LogP contribution is -1.98. The van der Waals surface area contributed by atoms with E-state index < -0.39 is 0 Å². The summed E-state index contributed by atoms with van der Waals surface area (Å²) in [6, 6.07) is 19.1. The zero-order valence-electron chi connectivity index (χ0n) is 14.5. The molecule has 6 heteroatoms. The Balaban J connectivity index is 1.74. The van der Waals surface area contributed by atoms with E-state index in [1.165, 1.54) is 0 Å². The van der Waals surface area contributed by atoms with Crippen LogP contribution in [0.4, 0.5) is 5.69 Å². The van der Waals surface area contributed by atoms with Crippen molar-refractivity contribution in [3.63, 3.8) is 0 Å². The molecule has 0 saturated heterocycles. The fourth-order valence-corrected chi connectivity index (χ4v) is 4.02. The first-order valence-electron chi connectivity index (χ1n) is 8.10. The second kappa shape index (κ2) is 9.40. The van der Waals surface area contributed by atoms with Crippen molar-refractivity contribution in [2.75, 3.05) is 7.11 Å². The monoisotopic (exact) mass is 507 g/mol. The summed E-state index contributed by atoms with van der Waals surface area (Å²) in [4.78, 5) is 4.49. The molecule has 3 rings (SSSR count). The molecule has 0 amide bonds. The smallest absolute Gasteiger partial charge is 0.148 e. The van der Waals surface area contributed by atoms with Gasteiger partial charge in [-0.15, -0.1) is 0 Å². The molecule has 0 saturated carbocycles. The average molecular weight is 510 g/mol. The highest BCUT2D eigenvalue weighted by Gasteiger charge is 2.10. The number of rotatable bonds is 6. The van der Waals surface area contributed by atoms with Crippen molar-refractivity contribution in [1.29, 1.82) is 0 Å². The SMILES string of the molecule is COc1ccc(N=Cc2cc(Br)c(OCc3ccccc3Cl)c(Br)c2)cc1. The minimum Gasteiger partial charge on any atom is -0.497 e. The second-order valence-electron chi connectivity index (χ2n) is 5.65. The summed E-state index contributed by atoms with van der Waals surface area (Å²) in [6.07, 6.45) is 1.80. The van der Waals surface area contributed by atoms with E-state index in [0.717, 1.165) is 37.3 Å². The maximum absolute atomic E-state index is 6.19. The molecule has 3 aromatic rings. The molecule has 0 unspecified atom stereocenters. The molecule has 0 bridgehead atoms. The summed E-state index contributed by atoms with van der Waals surface area (Å²) < 4.78 is 12.8. The van der Waals surface area contributed by atoms with E-state index in [0.29, 0.717) is 11.6 Å². The molecule has 0 aliphatic heterocycles. The molecule has 27 heavy (non-hydrogen) atoms. The lowest BCUT2D eigenvalue weighted by atomic mass is 10.2. The second-order valence-corrected chi connectivity index (χ2v) is 7.77. The van der Waals surface area contributed by atoms with Crippen molar-refractivity contribution in [1.82, 2.24) is 0 Å². The van der Waals surface area contributed by atoms with Gasteiger partial charge in [-0.3, -0.25) is 4.99 Å². The highest BCUT2D eigenvalue weighted by molar-refractivity contribution is 9.11. The number of halogens is 3. The fourth-order valence-electron chi connectivity index (χ4n) is 2.37. The van der Waals surface area contributed by atoms with Crippen molar-refractivity contribution >= 4 is 55.4 Å². The van der Waals surface area contributed by atoms with E-state index in [4.69, 9.17) is 21.1 Å². The number of ether oxygens (including phenoxy) is 2. The molecule has 0 radical (unpaired) electrons. The van der Waals surface area contributed by atoms with E-state index in [2.05, 4.69) is 36.9 Å². The first kappa shape index (κ1) is 19.9. The Morgan fingerprint density at radius 2 is 1.67 bits per heavy atom. The summed E-state index contributed by atoms with van der Waals surface area (Å²) in [5.41, 5.74) is 2.72. The summed E-state index contributed by atoms with van der Waals surface area (Å²) in [5.74, 6) is 1.52. The summed E-state index contributed by atoms with van der Waals surface area (Å²) in [5, 5.41) is 0.688. The molecule has 138 valence electrons. The quantitative estimate of drug-likeness (QED) is 0.329. The van der Waals surface area contributed by atoms with Crippen molar-refractivity contribution in [2.45, 2.75) is 6.61 Å². The van der Waals surface area contributed by atoms with E-state index in [1.54, 1.807) is 13.3 Å². The summed E-state index contributed by atoms with van der Waals surface area (Å²) >= 11 is 13.3. The maximum atomic E-state index is 6.19. The Kier molecular flexibility index (Phi) is 6.94. The zero-order valence-corrected chi connectivity index (χ0v) is 18.4. The van der Waals surface area contributed by atoms with E-state index >= 15 is 0 Å². The Morgan fingerprint density at radius 3 is 2.30 bits per heavy atom. The van der Waals surface area contributed by atoms with Gasteiger partial charge in [0.2, 0.25) is 0 Å². The molecule has 0 spiro atoms. The third-order valence-corrected chi connectivity index (χ3v) is 5.33. The van der Waals surface area contributed by atoms with Crippen LogP contribution in [0.5, 0.6) is 11.5 Å². The van der Waals surface area contributed by atoms with Crippen LogP contribution in [0.2, 0.25) is 5.02 Å². The Bertz CT molecular complexity index is 936. The average Bonchev–Trinajstić information content (AvgIpc) is 2.67. The molecular weight excluding hydrogens is 493 g/mol. The van der Waals surface area contributed by atoms with Crippen molar-refractivity contribution in [3.8, 4) is 11.5 Å². The van der Waals surface area contributed by atoms with Crippen molar-refractivity contribution in [2.24, 2.45) is 4.99 Å². The predicted molar refractivity (Wildman–Crippen MR) is 118 cm³/mol. The Morgan fingerprint density at radius 1 is 1.00 bits per heavy atom. The van der Waals surface area contributed by atoms with Crippen LogP contribution in [0.1, 0.15) is 11.1 Å². The third kappa shape index (κ3) is 5.34. The van der Waals surface area contributed by atoms with Gasteiger partial charge >= 0.3 is 0 Å². The van der Waals surface area contributed by atoms with Gasteiger partial charge in [-0.1, -0.05) is 29.8 Å². The number of benzene rings is 3. The van der Waals surface area contributed by atoms with Crippen LogP contribution >= 0.6 is 43.5 Å². The highest BCUT2D eigenvalue weighted by atomic mass is 79.9. The molecular formula is C21H16Br2ClNO2. The first-order valence-corrected chi connectivity index (χ1v) is 10.1. The predicted octanol–water partition coefficient (Wildman–Crippen LogP) is 7.20. The minimum absolute atomic E-state index is 0.385. The Hall–Kier alpha value is -1.82. The van der Waals surface area contributed by atoms with Gasteiger partial charge in [-0.05, 0) is 79.9 Å². The molecule has 0 atom stereocenters. The first-order chi connectivity index (χ1) is 13.1. The summed E-state index contributed by atoms with van der Waals surface area (Å²) in [7, 11) is 1.64. The van der Waals surface area contributed by atoms with Crippen LogP contribution in [-0.2, 0) is 6.61 Å². The van der Waals surface area contributed by atoms with Crippen LogP contribution in [0.25, 0.3) is 0 Å². The zero-order chi connectivity index (χ0) is 19.2. The van der Waals surface area contributed by atoms with E-state index in [9.17, 15) is 0 Å². The number of nitrogens with zero attached hydrogens (tertiary/aromatic N) is 1. The van der Waals surface area contributed by atoms with Gasteiger partial charge in [0.1, 0.15) is 18.1 Å². The molecule has 0 aliphatic rings. The largest absolute Gasteiger partial charge is 0.497 e. The van der Waals surface area contributed by atoms with Crippen LogP contribution in [0.15, 0.2) is 74.6 Å². The highest BCUT2D eigenvalue weighted by Crippen LogP contribution is 2.35. The topological polar surface area (TPSA) is 30.8 Å². The van der Waals surface area contributed by atoms with Crippen LogP contribution < -0.4 is 9.47 Å². The molecule has 3 aromatic carbocycles. The van der Waals surface area contributed by atoms with Crippen LogP contribution in [0, 0.1) is 0 Å². The van der Waals surface area contributed by atoms with Gasteiger partial charge in [-0.25, -0.2) is 0 Å². The number of aliphatic imine (C=N–C) groups is 1. The molecule has 3 nitrogen and oxygen atoms in total. The Labute approximate surface area is 180 Å². The van der Waals surface area contributed by atoms with Gasteiger partial charge in [0, 0.05) is 16.8 Å². The minimum atomic E-state index is 0.385.